The molecule has 0 amide bonds. The van der Waals surface area contributed by atoms with Crippen molar-refractivity contribution in [1.82, 2.24) is 4.90 Å². The van der Waals surface area contributed by atoms with E-state index in [0.29, 0.717) is 5.75 Å². The van der Waals surface area contributed by atoms with Crippen LogP contribution in [0, 0.1) is 0 Å². The Kier molecular flexibility index (Phi) is 2.81. The van der Waals surface area contributed by atoms with Crippen molar-refractivity contribution >= 4 is 0 Å². The predicted molar refractivity (Wildman–Crippen MR) is 79.7 cm³/mol. The topological polar surface area (TPSA) is 41.9 Å². The molecule has 21 heavy (non-hydrogen) atoms. The minimum Gasteiger partial charge on any atom is -0.504 e. The molecule has 0 aromatic heterocycles. The molecule has 0 radical (unpaired) electrons. The SMILES string of the molecule is CO[C@H]1C=C[C@@]23CCN(C)Cc4ccc(O)c(c42)O[C@H]3C1. The van der Waals surface area contributed by atoms with Gasteiger partial charge < -0.3 is 19.5 Å². The van der Waals surface area contributed by atoms with Gasteiger partial charge in [0.25, 0.3) is 0 Å². The lowest BCUT2D eigenvalue weighted by Crippen LogP contribution is -2.43. The Morgan fingerprint density at radius 2 is 2.29 bits per heavy atom. The molecule has 3 aliphatic rings. The molecule has 0 saturated carbocycles. The third-order valence-corrected chi connectivity index (χ3v) is 5.23. The van der Waals surface area contributed by atoms with Crippen LogP contribution < -0.4 is 4.74 Å². The fourth-order valence-electron chi connectivity index (χ4n) is 4.09. The molecule has 2 heterocycles. The highest BCUT2D eigenvalue weighted by atomic mass is 16.5. The van der Waals surface area contributed by atoms with Gasteiger partial charge in [-0.3, -0.25) is 0 Å². The molecular weight excluding hydrogens is 266 g/mol. The van der Waals surface area contributed by atoms with Crippen LogP contribution in [-0.2, 0) is 16.7 Å². The Morgan fingerprint density at radius 3 is 3.10 bits per heavy atom. The maximum Gasteiger partial charge on any atom is 0.165 e. The van der Waals surface area contributed by atoms with Crippen molar-refractivity contribution in [3.63, 3.8) is 0 Å². The number of phenolic OH excluding ortho intramolecular Hbond substituents is 1. The summed E-state index contributed by atoms with van der Waals surface area (Å²) in [5.74, 6) is 0.948. The lowest BCUT2D eigenvalue weighted by atomic mass is 9.69. The Bertz CT molecular complexity index is 612. The Balaban J connectivity index is 1.91. The van der Waals surface area contributed by atoms with Gasteiger partial charge in [-0.05, 0) is 31.6 Å². The van der Waals surface area contributed by atoms with E-state index in [9.17, 15) is 5.11 Å². The zero-order valence-electron chi connectivity index (χ0n) is 12.5. The number of aromatic hydroxyl groups is 1. The smallest absolute Gasteiger partial charge is 0.165 e. The normalized spacial score (nSPS) is 34.0. The van der Waals surface area contributed by atoms with Crippen LogP contribution in [0.15, 0.2) is 24.3 Å². The number of phenols is 1. The van der Waals surface area contributed by atoms with Gasteiger partial charge >= 0.3 is 0 Å². The number of hydrogen-bond acceptors (Lipinski definition) is 4. The summed E-state index contributed by atoms with van der Waals surface area (Å²) < 4.78 is 11.7. The summed E-state index contributed by atoms with van der Waals surface area (Å²) in [5.41, 5.74) is 2.36. The van der Waals surface area contributed by atoms with Crippen molar-refractivity contribution in [2.45, 2.75) is 37.0 Å². The van der Waals surface area contributed by atoms with E-state index in [-0.39, 0.29) is 23.4 Å². The van der Waals surface area contributed by atoms with Crippen molar-refractivity contribution in [3.05, 3.63) is 35.4 Å². The number of nitrogens with zero attached hydrogens (tertiary/aromatic N) is 1. The van der Waals surface area contributed by atoms with E-state index in [1.165, 1.54) is 11.1 Å². The molecule has 0 fully saturated rings. The molecule has 2 aliphatic heterocycles. The molecule has 0 bridgehead atoms. The van der Waals surface area contributed by atoms with E-state index in [1.807, 2.05) is 6.07 Å². The monoisotopic (exact) mass is 287 g/mol. The fourth-order valence-corrected chi connectivity index (χ4v) is 4.09. The molecule has 1 aromatic carbocycles. The minimum atomic E-state index is -0.108. The number of hydrogen-bond donors (Lipinski definition) is 1. The van der Waals surface area contributed by atoms with Crippen LogP contribution in [0.5, 0.6) is 11.5 Å². The summed E-state index contributed by atoms with van der Waals surface area (Å²) in [6, 6.07) is 3.80. The average molecular weight is 287 g/mol. The van der Waals surface area contributed by atoms with Crippen molar-refractivity contribution in [2.75, 3.05) is 20.7 Å². The zero-order chi connectivity index (χ0) is 14.6. The average Bonchev–Trinajstić information content (AvgIpc) is 2.76. The van der Waals surface area contributed by atoms with Crippen LogP contribution in [0.25, 0.3) is 0 Å². The number of ether oxygens (including phenoxy) is 2. The lowest BCUT2D eigenvalue weighted by Gasteiger charge is -2.36. The van der Waals surface area contributed by atoms with Gasteiger partial charge in [-0.2, -0.15) is 0 Å². The molecular formula is C17H21NO3. The lowest BCUT2D eigenvalue weighted by molar-refractivity contribution is 0.0551. The summed E-state index contributed by atoms with van der Waals surface area (Å²) in [6.45, 7) is 1.93. The van der Waals surface area contributed by atoms with Crippen LogP contribution >= 0.6 is 0 Å². The highest BCUT2D eigenvalue weighted by Crippen LogP contribution is 2.55. The summed E-state index contributed by atoms with van der Waals surface area (Å²) in [7, 11) is 3.89. The fraction of sp³-hybridized carbons (Fsp3) is 0.529. The standard InChI is InChI=1S/C17H21NO3/c1-18-8-7-17-6-5-12(20-2)9-14(17)21-16-13(19)4-3-11(10-18)15(16)17/h3-6,12,14,19H,7-10H2,1-2H3/t12-,14-,17-/m0/s1. The van der Waals surface area contributed by atoms with Crippen molar-refractivity contribution in [2.24, 2.45) is 0 Å². The molecule has 112 valence electrons. The van der Waals surface area contributed by atoms with Gasteiger partial charge in [0.05, 0.1) is 11.5 Å². The Labute approximate surface area is 125 Å². The van der Waals surface area contributed by atoms with E-state index >= 15 is 0 Å². The second kappa shape index (κ2) is 4.49. The van der Waals surface area contributed by atoms with E-state index in [4.69, 9.17) is 9.47 Å². The number of methoxy groups -OCH3 is 1. The molecule has 4 nitrogen and oxygen atoms in total. The third kappa shape index (κ3) is 1.75. The van der Waals surface area contributed by atoms with Gasteiger partial charge in [0, 0.05) is 25.6 Å². The van der Waals surface area contributed by atoms with Gasteiger partial charge in [-0.25, -0.2) is 0 Å². The molecule has 1 N–H and O–H groups in total. The van der Waals surface area contributed by atoms with Gasteiger partial charge in [0.15, 0.2) is 11.5 Å². The van der Waals surface area contributed by atoms with Gasteiger partial charge in [-0.1, -0.05) is 18.2 Å². The van der Waals surface area contributed by atoms with E-state index in [0.717, 1.165) is 25.9 Å². The summed E-state index contributed by atoms with van der Waals surface area (Å²) in [4.78, 5) is 2.34. The minimum absolute atomic E-state index is 0.0565. The summed E-state index contributed by atoms with van der Waals surface area (Å²) >= 11 is 0. The molecule has 1 aromatic rings. The first-order valence-corrected chi connectivity index (χ1v) is 7.57. The molecule has 1 aliphatic carbocycles. The Morgan fingerprint density at radius 1 is 1.43 bits per heavy atom. The van der Waals surface area contributed by atoms with Gasteiger partial charge in [0.1, 0.15) is 6.10 Å². The highest BCUT2D eigenvalue weighted by Gasteiger charge is 2.52. The van der Waals surface area contributed by atoms with Gasteiger partial charge in [0.2, 0.25) is 0 Å². The molecule has 4 rings (SSSR count). The summed E-state index contributed by atoms with van der Waals surface area (Å²) in [5, 5.41) is 10.2. The van der Waals surface area contributed by atoms with E-state index < -0.39 is 0 Å². The van der Waals surface area contributed by atoms with Crippen LogP contribution in [0.3, 0.4) is 0 Å². The van der Waals surface area contributed by atoms with Crippen LogP contribution in [-0.4, -0.2) is 42.9 Å². The van der Waals surface area contributed by atoms with Crippen molar-refractivity contribution in [3.8, 4) is 11.5 Å². The van der Waals surface area contributed by atoms with Crippen molar-refractivity contribution < 1.29 is 14.6 Å². The second-order valence-corrected chi connectivity index (χ2v) is 6.45. The van der Waals surface area contributed by atoms with Crippen molar-refractivity contribution in [1.29, 1.82) is 0 Å². The van der Waals surface area contributed by atoms with Crippen LogP contribution in [0.4, 0.5) is 0 Å². The Hall–Kier alpha value is -1.52. The molecule has 3 atom stereocenters. The molecule has 0 unspecified atom stereocenters. The molecule has 0 saturated heterocycles. The largest absolute Gasteiger partial charge is 0.504 e. The highest BCUT2D eigenvalue weighted by molar-refractivity contribution is 5.60. The first-order valence-electron chi connectivity index (χ1n) is 7.57. The number of rotatable bonds is 1. The predicted octanol–water partition coefficient (Wildman–Crippen LogP) is 2.20. The van der Waals surface area contributed by atoms with Gasteiger partial charge in [-0.15, -0.1) is 0 Å². The summed E-state index contributed by atoms with van der Waals surface area (Å²) in [6.07, 6.45) is 6.44. The number of benzene rings is 1. The first kappa shape index (κ1) is 13.2. The third-order valence-electron chi connectivity index (χ3n) is 5.23. The van der Waals surface area contributed by atoms with E-state index in [2.05, 4.69) is 24.1 Å². The molecule has 4 heteroatoms. The molecule has 1 spiro atoms. The first-order chi connectivity index (χ1) is 10.1. The maximum atomic E-state index is 10.2. The van der Waals surface area contributed by atoms with Crippen LogP contribution in [0.1, 0.15) is 24.0 Å². The van der Waals surface area contributed by atoms with Crippen LogP contribution in [0.2, 0.25) is 0 Å². The maximum absolute atomic E-state index is 10.2. The van der Waals surface area contributed by atoms with E-state index in [1.54, 1.807) is 13.2 Å². The second-order valence-electron chi connectivity index (χ2n) is 6.45. The quantitative estimate of drug-likeness (QED) is 0.804. The zero-order valence-corrected chi connectivity index (χ0v) is 12.5.